The summed E-state index contributed by atoms with van der Waals surface area (Å²) in [5.41, 5.74) is 0.544. The van der Waals surface area contributed by atoms with Gasteiger partial charge in [-0.2, -0.15) is 17.5 Å². The van der Waals surface area contributed by atoms with Gasteiger partial charge in [-0.05, 0) is 62.1 Å². The van der Waals surface area contributed by atoms with Crippen LogP contribution in [0.15, 0.2) is 41.4 Å². The molecule has 3 atom stereocenters. The molecule has 0 radical (unpaired) electrons. The summed E-state index contributed by atoms with van der Waals surface area (Å²) < 4.78 is 66.7. The molecule has 0 spiro atoms. The van der Waals surface area contributed by atoms with Gasteiger partial charge in [0.2, 0.25) is 10.0 Å². The fourth-order valence-corrected chi connectivity index (χ4v) is 6.36. The largest absolute Gasteiger partial charge is 0.481 e. The van der Waals surface area contributed by atoms with E-state index in [1.807, 2.05) is 0 Å². The van der Waals surface area contributed by atoms with E-state index in [-0.39, 0.29) is 24.0 Å². The molecule has 2 aromatic rings. The molecule has 1 aliphatic heterocycles. The topological polar surface area (TPSA) is 90.8 Å². The molecule has 1 aliphatic carbocycles. The zero-order valence-corrected chi connectivity index (χ0v) is 18.9. The molecule has 1 N–H and O–H groups in total. The van der Waals surface area contributed by atoms with Crippen molar-refractivity contribution in [2.75, 3.05) is 18.0 Å². The number of carboxylic acids is 1. The van der Waals surface area contributed by atoms with E-state index in [9.17, 15) is 31.5 Å². The molecule has 11 heteroatoms. The van der Waals surface area contributed by atoms with Gasteiger partial charge in [0.1, 0.15) is 5.82 Å². The maximum absolute atomic E-state index is 13.4. The highest BCUT2D eigenvalue weighted by atomic mass is 32.2. The van der Waals surface area contributed by atoms with Gasteiger partial charge in [0.25, 0.3) is 0 Å². The van der Waals surface area contributed by atoms with Gasteiger partial charge >= 0.3 is 12.1 Å². The van der Waals surface area contributed by atoms with Crippen molar-refractivity contribution in [3.8, 4) is 0 Å². The Morgan fingerprint density at radius 3 is 2.45 bits per heavy atom. The first-order valence-electron chi connectivity index (χ1n) is 10.6. The first kappa shape index (κ1) is 23.5. The lowest BCUT2D eigenvalue weighted by atomic mass is 10.0. The number of hydrogen-bond acceptors (Lipinski definition) is 5. The molecule has 0 amide bonds. The van der Waals surface area contributed by atoms with Crippen LogP contribution in [0.2, 0.25) is 0 Å². The number of pyridine rings is 1. The summed E-state index contributed by atoms with van der Waals surface area (Å²) in [4.78, 5) is 17.3. The summed E-state index contributed by atoms with van der Waals surface area (Å²) in [6, 6.07) is 6.09. The summed E-state index contributed by atoms with van der Waals surface area (Å²) in [7, 11) is -3.90. The van der Waals surface area contributed by atoms with Gasteiger partial charge in [0.15, 0.2) is 0 Å². The molecule has 178 valence electrons. The Labute approximate surface area is 189 Å². The van der Waals surface area contributed by atoms with Crippen LogP contribution < -0.4 is 4.90 Å². The van der Waals surface area contributed by atoms with E-state index in [1.165, 1.54) is 22.5 Å². The minimum atomic E-state index is -4.48. The van der Waals surface area contributed by atoms with Gasteiger partial charge in [0.05, 0.1) is 16.4 Å². The van der Waals surface area contributed by atoms with Crippen molar-refractivity contribution < 1.29 is 31.5 Å². The minimum absolute atomic E-state index is 0.0505. The third kappa shape index (κ3) is 4.19. The first-order valence-corrected chi connectivity index (χ1v) is 12.0. The number of nitrogens with zero attached hydrogens (tertiary/aromatic N) is 3. The van der Waals surface area contributed by atoms with Gasteiger partial charge in [0, 0.05) is 31.4 Å². The Kier molecular flexibility index (Phi) is 5.90. The number of rotatable bonds is 4. The minimum Gasteiger partial charge on any atom is -0.481 e. The number of aromatic nitrogens is 1. The molecule has 1 fully saturated rings. The molecule has 0 saturated carbocycles. The van der Waals surface area contributed by atoms with Crippen LogP contribution in [-0.4, -0.2) is 54.0 Å². The fourth-order valence-electron chi connectivity index (χ4n) is 4.63. The van der Waals surface area contributed by atoms with E-state index >= 15 is 0 Å². The maximum atomic E-state index is 13.4. The average Bonchev–Trinajstić information content (AvgIpc) is 3.18. The van der Waals surface area contributed by atoms with Gasteiger partial charge < -0.3 is 10.0 Å². The van der Waals surface area contributed by atoms with Crippen molar-refractivity contribution in [3.05, 3.63) is 53.2 Å². The molecule has 1 aromatic carbocycles. The van der Waals surface area contributed by atoms with Crippen LogP contribution in [0.3, 0.4) is 0 Å². The second kappa shape index (κ2) is 8.28. The fraction of sp³-hybridized carbons (Fsp3) is 0.455. The molecule has 0 bridgehead atoms. The average molecular weight is 484 g/mol. The summed E-state index contributed by atoms with van der Waals surface area (Å²) in [5, 5.41) is 9.44. The van der Waals surface area contributed by atoms with Gasteiger partial charge in [-0.25, -0.2) is 13.4 Å². The van der Waals surface area contributed by atoms with Crippen LogP contribution in [0.1, 0.15) is 42.9 Å². The van der Waals surface area contributed by atoms with Crippen molar-refractivity contribution in [3.63, 3.8) is 0 Å². The van der Waals surface area contributed by atoms with Crippen molar-refractivity contribution in [1.82, 2.24) is 9.29 Å². The number of aryl methyl sites for hydroxylation is 1. The molecule has 1 unspecified atom stereocenters. The number of alkyl halides is 3. The number of sulfonamides is 1. The number of anilines is 1. The molecule has 33 heavy (non-hydrogen) atoms. The summed E-state index contributed by atoms with van der Waals surface area (Å²) in [6.07, 6.45) is -2.66. The van der Waals surface area contributed by atoms with E-state index in [0.717, 1.165) is 17.8 Å². The van der Waals surface area contributed by atoms with E-state index < -0.39 is 39.7 Å². The van der Waals surface area contributed by atoms with E-state index in [0.29, 0.717) is 24.2 Å². The second-order valence-electron chi connectivity index (χ2n) is 8.48. The van der Waals surface area contributed by atoms with Crippen LogP contribution in [0.25, 0.3) is 0 Å². The molecular formula is C22H24F3N3O4S. The monoisotopic (exact) mass is 483 g/mol. The standard InChI is InChI=1S/C22H24F3N3O4S/c1-13-14(2)28(10-9-27(13)20-8-5-16(12-26-20)22(23,24)25)33(31,32)17-6-3-15-4-7-18(21(29)30)19(15)11-17/h3,5-6,8,11-14,18H,4,7,9-10H2,1-2H3,(H,29,30)/t13-,14+,18?/m0/s1. The van der Waals surface area contributed by atoms with Crippen LogP contribution >= 0.6 is 0 Å². The predicted molar refractivity (Wildman–Crippen MR) is 115 cm³/mol. The zero-order chi connectivity index (χ0) is 24.1. The number of benzene rings is 1. The molecular weight excluding hydrogens is 459 g/mol. The highest BCUT2D eigenvalue weighted by Gasteiger charge is 2.40. The summed E-state index contributed by atoms with van der Waals surface area (Å²) in [6.45, 7) is 3.92. The van der Waals surface area contributed by atoms with Crippen LogP contribution in [0.4, 0.5) is 19.0 Å². The number of carboxylic acid groups (broad SMARTS) is 1. The van der Waals surface area contributed by atoms with Crippen molar-refractivity contribution in [2.45, 2.75) is 55.8 Å². The number of aliphatic carboxylic acids is 1. The molecule has 2 heterocycles. The molecule has 1 saturated heterocycles. The third-order valence-electron chi connectivity index (χ3n) is 6.67. The Morgan fingerprint density at radius 2 is 1.85 bits per heavy atom. The molecule has 2 aliphatic rings. The number of piperazine rings is 1. The smallest absolute Gasteiger partial charge is 0.417 e. The summed E-state index contributed by atoms with van der Waals surface area (Å²) >= 11 is 0. The molecule has 4 rings (SSSR count). The lowest BCUT2D eigenvalue weighted by Gasteiger charge is -2.44. The summed E-state index contributed by atoms with van der Waals surface area (Å²) in [5.74, 6) is -1.33. The predicted octanol–water partition coefficient (Wildman–Crippen LogP) is 3.50. The Hall–Kier alpha value is -2.66. The lowest BCUT2D eigenvalue weighted by Crippen LogP contribution is -2.59. The normalized spacial score (nSPS) is 24.0. The second-order valence-corrected chi connectivity index (χ2v) is 10.4. The number of hydrogen-bond donors (Lipinski definition) is 1. The van der Waals surface area contributed by atoms with Crippen molar-refractivity contribution in [1.29, 1.82) is 0 Å². The van der Waals surface area contributed by atoms with Crippen molar-refractivity contribution >= 4 is 21.8 Å². The van der Waals surface area contributed by atoms with Gasteiger partial charge in [-0.15, -0.1) is 0 Å². The van der Waals surface area contributed by atoms with E-state index in [4.69, 9.17) is 0 Å². The highest BCUT2D eigenvalue weighted by Crippen LogP contribution is 2.36. The van der Waals surface area contributed by atoms with Crippen molar-refractivity contribution in [2.24, 2.45) is 0 Å². The molecule has 7 nitrogen and oxygen atoms in total. The van der Waals surface area contributed by atoms with Gasteiger partial charge in [-0.3, -0.25) is 4.79 Å². The third-order valence-corrected chi connectivity index (χ3v) is 8.66. The first-order chi connectivity index (χ1) is 15.4. The van der Waals surface area contributed by atoms with Gasteiger partial charge in [-0.1, -0.05) is 6.07 Å². The Morgan fingerprint density at radius 1 is 1.12 bits per heavy atom. The number of halogens is 3. The maximum Gasteiger partial charge on any atom is 0.417 e. The Balaban J connectivity index is 1.57. The number of carbonyl (C=O) groups is 1. The number of fused-ring (bicyclic) bond motifs is 1. The SMILES string of the molecule is C[C@@H]1[C@H](C)N(c2ccc(C(F)(F)F)cn2)CCN1S(=O)(=O)c1ccc2c(c1)C(C(=O)O)CC2. The molecule has 1 aromatic heterocycles. The van der Waals surface area contributed by atoms with Crippen LogP contribution in [0.5, 0.6) is 0 Å². The Bertz CT molecular complexity index is 1170. The zero-order valence-electron chi connectivity index (χ0n) is 18.1. The van der Waals surface area contributed by atoms with Crippen LogP contribution in [0, 0.1) is 0 Å². The quantitative estimate of drug-likeness (QED) is 0.716. The lowest BCUT2D eigenvalue weighted by molar-refractivity contribution is -0.139. The van der Waals surface area contributed by atoms with E-state index in [1.54, 1.807) is 24.8 Å². The van der Waals surface area contributed by atoms with Crippen LogP contribution in [-0.2, 0) is 27.4 Å². The highest BCUT2D eigenvalue weighted by molar-refractivity contribution is 7.89. The van der Waals surface area contributed by atoms with E-state index in [2.05, 4.69) is 4.98 Å².